The highest BCUT2D eigenvalue weighted by Crippen LogP contribution is 2.18. The monoisotopic (exact) mass is 344 g/mol. The van der Waals surface area contributed by atoms with E-state index in [1.165, 1.54) is 18.4 Å². The van der Waals surface area contributed by atoms with Crippen LogP contribution in [0.3, 0.4) is 0 Å². The lowest BCUT2D eigenvalue weighted by Gasteiger charge is -2.21. The SMILES string of the molecule is CCn1nc(C)cc1C(=O)N[C@@H]1COC[C@H]1CS(=O)(=O)N(C)C. The summed E-state index contributed by atoms with van der Waals surface area (Å²) in [5.74, 6) is -0.558. The molecule has 1 saturated heterocycles. The van der Waals surface area contributed by atoms with Crippen LogP contribution >= 0.6 is 0 Å². The van der Waals surface area contributed by atoms with E-state index in [1.54, 1.807) is 10.7 Å². The molecule has 0 aromatic carbocycles. The molecule has 2 atom stereocenters. The molecule has 2 heterocycles. The van der Waals surface area contributed by atoms with Crippen LogP contribution in [0.15, 0.2) is 6.07 Å². The number of sulfonamides is 1. The Bertz CT molecular complexity index is 668. The fourth-order valence-corrected chi connectivity index (χ4v) is 3.72. The summed E-state index contributed by atoms with van der Waals surface area (Å²) in [5, 5.41) is 7.14. The van der Waals surface area contributed by atoms with Crippen molar-refractivity contribution >= 4 is 15.9 Å². The second-order valence-corrected chi connectivity index (χ2v) is 8.15. The molecule has 1 aliphatic rings. The van der Waals surface area contributed by atoms with E-state index in [1.807, 2.05) is 13.8 Å². The Morgan fingerprint density at radius 3 is 2.78 bits per heavy atom. The maximum absolute atomic E-state index is 12.5. The lowest BCUT2D eigenvalue weighted by atomic mass is 10.1. The van der Waals surface area contributed by atoms with Crippen molar-refractivity contribution in [1.82, 2.24) is 19.4 Å². The predicted octanol–water partition coefficient (Wildman–Crippen LogP) is -0.152. The Balaban J connectivity index is 2.08. The minimum absolute atomic E-state index is 0.0446. The quantitative estimate of drug-likeness (QED) is 0.774. The van der Waals surface area contributed by atoms with Crippen LogP contribution in [0.1, 0.15) is 23.1 Å². The van der Waals surface area contributed by atoms with Crippen molar-refractivity contribution in [3.8, 4) is 0 Å². The molecule has 0 radical (unpaired) electrons. The Morgan fingerprint density at radius 2 is 2.17 bits per heavy atom. The van der Waals surface area contributed by atoms with Gasteiger partial charge in [0.1, 0.15) is 5.69 Å². The molecule has 130 valence electrons. The van der Waals surface area contributed by atoms with Crippen molar-refractivity contribution in [1.29, 1.82) is 0 Å². The van der Waals surface area contributed by atoms with Gasteiger partial charge in [0.25, 0.3) is 5.91 Å². The number of hydrogen-bond acceptors (Lipinski definition) is 5. The molecule has 1 aromatic rings. The van der Waals surface area contributed by atoms with Crippen molar-refractivity contribution in [3.63, 3.8) is 0 Å². The molecule has 0 unspecified atom stereocenters. The van der Waals surface area contributed by atoms with Crippen molar-refractivity contribution in [2.24, 2.45) is 5.92 Å². The van der Waals surface area contributed by atoms with Gasteiger partial charge >= 0.3 is 0 Å². The molecule has 0 saturated carbocycles. The number of aryl methyl sites for hydroxylation is 2. The topological polar surface area (TPSA) is 93.5 Å². The zero-order valence-electron chi connectivity index (χ0n) is 13.9. The summed E-state index contributed by atoms with van der Waals surface area (Å²) in [6, 6.07) is 1.40. The smallest absolute Gasteiger partial charge is 0.269 e. The van der Waals surface area contributed by atoms with E-state index in [0.29, 0.717) is 25.5 Å². The summed E-state index contributed by atoms with van der Waals surface area (Å²) in [4.78, 5) is 12.5. The average molecular weight is 344 g/mol. The van der Waals surface area contributed by atoms with E-state index in [2.05, 4.69) is 10.4 Å². The molecule has 1 N–H and O–H groups in total. The Hall–Kier alpha value is -1.45. The van der Waals surface area contributed by atoms with Gasteiger partial charge in [0.15, 0.2) is 0 Å². The van der Waals surface area contributed by atoms with Gasteiger partial charge in [-0.3, -0.25) is 9.48 Å². The molecule has 9 heteroatoms. The second kappa shape index (κ2) is 6.98. The van der Waals surface area contributed by atoms with Gasteiger partial charge in [0, 0.05) is 26.6 Å². The average Bonchev–Trinajstić information content (AvgIpc) is 3.05. The van der Waals surface area contributed by atoms with E-state index in [9.17, 15) is 13.2 Å². The minimum Gasteiger partial charge on any atom is -0.379 e. The van der Waals surface area contributed by atoms with E-state index in [4.69, 9.17) is 4.74 Å². The van der Waals surface area contributed by atoms with Crippen molar-refractivity contribution in [2.75, 3.05) is 33.1 Å². The van der Waals surface area contributed by atoms with Crippen LogP contribution < -0.4 is 5.32 Å². The highest BCUT2D eigenvalue weighted by Gasteiger charge is 2.34. The third kappa shape index (κ3) is 4.10. The number of aromatic nitrogens is 2. The summed E-state index contributed by atoms with van der Waals surface area (Å²) in [5.41, 5.74) is 1.25. The van der Waals surface area contributed by atoms with Gasteiger partial charge in [-0.1, -0.05) is 0 Å². The van der Waals surface area contributed by atoms with Crippen molar-refractivity contribution in [3.05, 3.63) is 17.5 Å². The van der Waals surface area contributed by atoms with Gasteiger partial charge in [-0.15, -0.1) is 0 Å². The first-order valence-electron chi connectivity index (χ1n) is 7.58. The molecule has 0 spiro atoms. The molecule has 0 aliphatic carbocycles. The number of hydrogen-bond donors (Lipinski definition) is 1. The maximum atomic E-state index is 12.5. The van der Waals surface area contributed by atoms with Crippen LogP contribution in [0, 0.1) is 12.8 Å². The summed E-state index contributed by atoms with van der Waals surface area (Å²) < 4.78 is 32.3. The Morgan fingerprint density at radius 1 is 1.48 bits per heavy atom. The van der Waals surface area contributed by atoms with Crippen LogP contribution in [0.25, 0.3) is 0 Å². The number of nitrogens with zero attached hydrogens (tertiary/aromatic N) is 3. The number of rotatable bonds is 6. The minimum atomic E-state index is -3.34. The lowest BCUT2D eigenvalue weighted by molar-refractivity contribution is 0.0915. The van der Waals surface area contributed by atoms with Gasteiger partial charge in [0.05, 0.1) is 30.7 Å². The van der Waals surface area contributed by atoms with Crippen LogP contribution in [0.4, 0.5) is 0 Å². The highest BCUT2D eigenvalue weighted by atomic mass is 32.2. The maximum Gasteiger partial charge on any atom is 0.269 e. The molecule has 1 aliphatic heterocycles. The zero-order valence-corrected chi connectivity index (χ0v) is 14.8. The molecule has 0 bridgehead atoms. The molecule has 1 amide bonds. The summed E-state index contributed by atoms with van der Waals surface area (Å²) >= 11 is 0. The number of carbonyl (C=O) groups excluding carboxylic acids is 1. The molecular formula is C14H24N4O4S. The highest BCUT2D eigenvalue weighted by molar-refractivity contribution is 7.89. The van der Waals surface area contributed by atoms with E-state index in [0.717, 1.165) is 5.69 Å². The van der Waals surface area contributed by atoms with E-state index < -0.39 is 10.0 Å². The standard InChI is InChI=1S/C14H24N4O4S/c1-5-18-13(6-10(2)16-18)14(19)15-12-8-22-7-11(12)9-23(20,21)17(3)4/h6,11-12H,5,7-9H2,1-4H3,(H,15,19)/t11-,12+/m0/s1. The fourth-order valence-electron chi connectivity index (χ4n) is 2.55. The molecule has 8 nitrogen and oxygen atoms in total. The van der Waals surface area contributed by atoms with Gasteiger partial charge in [0.2, 0.25) is 10.0 Å². The van der Waals surface area contributed by atoms with Crippen LogP contribution in [-0.4, -0.2) is 67.5 Å². The Labute approximate surface area is 136 Å². The summed E-state index contributed by atoms with van der Waals surface area (Å²) in [7, 11) is -0.337. The Kier molecular flexibility index (Phi) is 5.43. The van der Waals surface area contributed by atoms with Gasteiger partial charge in [-0.2, -0.15) is 5.10 Å². The van der Waals surface area contributed by atoms with E-state index in [-0.39, 0.29) is 23.6 Å². The van der Waals surface area contributed by atoms with Crippen LogP contribution in [0.2, 0.25) is 0 Å². The normalized spacial score (nSPS) is 21.8. The molecular weight excluding hydrogens is 320 g/mol. The van der Waals surface area contributed by atoms with Crippen LogP contribution in [-0.2, 0) is 21.3 Å². The lowest BCUT2D eigenvalue weighted by Crippen LogP contribution is -2.44. The number of nitrogens with one attached hydrogen (secondary N) is 1. The fraction of sp³-hybridized carbons (Fsp3) is 0.714. The predicted molar refractivity (Wildman–Crippen MR) is 85.7 cm³/mol. The van der Waals surface area contributed by atoms with Gasteiger partial charge in [-0.25, -0.2) is 12.7 Å². The first kappa shape index (κ1) is 17.9. The second-order valence-electron chi connectivity index (χ2n) is 5.93. The van der Waals surface area contributed by atoms with Crippen molar-refractivity contribution < 1.29 is 17.9 Å². The zero-order chi connectivity index (χ0) is 17.2. The van der Waals surface area contributed by atoms with Crippen molar-refractivity contribution in [2.45, 2.75) is 26.4 Å². The number of carbonyl (C=O) groups is 1. The first-order valence-corrected chi connectivity index (χ1v) is 9.18. The summed E-state index contributed by atoms with van der Waals surface area (Å²) in [6.45, 7) is 4.97. The first-order chi connectivity index (χ1) is 10.7. The number of ether oxygens (including phenoxy) is 1. The molecule has 2 rings (SSSR count). The largest absolute Gasteiger partial charge is 0.379 e. The third-order valence-electron chi connectivity index (χ3n) is 3.93. The summed E-state index contributed by atoms with van der Waals surface area (Å²) in [6.07, 6.45) is 0. The van der Waals surface area contributed by atoms with Gasteiger partial charge < -0.3 is 10.1 Å². The van der Waals surface area contributed by atoms with Crippen LogP contribution in [0.5, 0.6) is 0 Å². The molecule has 1 fully saturated rings. The number of amides is 1. The third-order valence-corrected chi connectivity index (χ3v) is 5.89. The molecule has 23 heavy (non-hydrogen) atoms. The molecule has 1 aromatic heterocycles. The van der Waals surface area contributed by atoms with E-state index >= 15 is 0 Å². The van der Waals surface area contributed by atoms with Gasteiger partial charge in [-0.05, 0) is 19.9 Å².